The van der Waals surface area contributed by atoms with Gasteiger partial charge in [0.25, 0.3) is 6.29 Å². The highest BCUT2D eigenvalue weighted by Crippen LogP contribution is 2.48. The highest BCUT2D eigenvalue weighted by molar-refractivity contribution is 14.1. The van der Waals surface area contributed by atoms with Crippen LogP contribution in [-0.4, -0.2) is 21.7 Å². The van der Waals surface area contributed by atoms with Gasteiger partial charge in [-0.05, 0) is 31.6 Å². The molecule has 1 aliphatic carbocycles. The lowest BCUT2D eigenvalue weighted by molar-refractivity contribution is -0.214. The summed E-state index contributed by atoms with van der Waals surface area (Å²) in [5.41, 5.74) is 0. The van der Waals surface area contributed by atoms with E-state index in [2.05, 4.69) is 36.4 Å². The van der Waals surface area contributed by atoms with E-state index in [1.54, 1.807) is 0 Å². The van der Waals surface area contributed by atoms with E-state index in [4.69, 9.17) is 9.47 Å². The molecule has 108 valence electrons. The topological polar surface area (TPSA) is 52.6 Å². The van der Waals surface area contributed by atoms with Crippen LogP contribution < -0.4 is 0 Å². The molecule has 0 radical (unpaired) electrons. The van der Waals surface area contributed by atoms with Crippen molar-refractivity contribution in [1.29, 1.82) is 0 Å². The van der Waals surface area contributed by atoms with E-state index < -0.39 is 9.71 Å². The molecule has 0 amide bonds. The Hall–Kier alpha value is -0.330. The number of ether oxygens (including phenoxy) is 2. The Kier molecular flexibility index (Phi) is 4.14. The molecule has 0 aromatic heterocycles. The van der Waals surface area contributed by atoms with Crippen molar-refractivity contribution < 1.29 is 19.1 Å². The molecule has 19 heavy (non-hydrogen) atoms. The minimum atomic E-state index is -0.697. The fourth-order valence-electron chi connectivity index (χ4n) is 3.15. The number of fused-ring (bicyclic) bond motifs is 2. The van der Waals surface area contributed by atoms with Gasteiger partial charge in [0.05, 0.1) is 5.92 Å². The Morgan fingerprint density at radius 1 is 1.53 bits per heavy atom. The minimum Gasteiger partial charge on any atom is -0.425 e. The van der Waals surface area contributed by atoms with Crippen molar-refractivity contribution in [3.63, 3.8) is 0 Å². The molecule has 2 aliphatic rings. The van der Waals surface area contributed by atoms with Crippen molar-refractivity contribution in [3.8, 4) is 0 Å². The third kappa shape index (κ3) is 2.62. The van der Waals surface area contributed by atoms with Gasteiger partial charge in [-0.3, -0.25) is 9.59 Å². The second-order valence-electron chi connectivity index (χ2n) is 6.02. The summed E-state index contributed by atoms with van der Waals surface area (Å²) in [5, 5.41) is 0. The van der Waals surface area contributed by atoms with E-state index in [-0.39, 0.29) is 29.7 Å². The van der Waals surface area contributed by atoms with Gasteiger partial charge in [-0.1, -0.05) is 43.4 Å². The number of carbonyl (C=O) groups is 2. The predicted molar refractivity (Wildman–Crippen MR) is 78.6 cm³/mol. The number of alkyl halides is 1. The number of carbonyl (C=O) groups excluding carboxylic acids is 2. The standard InChI is InChI=1S/C14H21IO4/c1-5-14(4,15)13(17)19-12-9-6-7(2)10(8(9)3)11(16)18-12/h7-10,12H,5-6H2,1-4H3. The van der Waals surface area contributed by atoms with Gasteiger partial charge >= 0.3 is 11.9 Å². The van der Waals surface area contributed by atoms with Crippen LogP contribution in [0, 0.1) is 23.7 Å². The average Bonchev–Trinajstić information content (AvgIpc) is 2.55. The zero-order valence-corrected chi connectivity index (χ0v) is 14.0. The molecule has 0 aromatic carbocycles. The molecule has 0 aromatic rings. The molecule has 1 saturated heterocycles. The van der Waals surface area contributed by atoms with E-state index in [9.17, 15) is 9.59 Å². The fraction of sp³-hybridized carbons (Fsp3) is 0.857. The van der Waals surface area contributed by atoms with E-state index in [1.807, 2.05) is 13.8 Å². The SMILES string of the molecule is CCC(C)(I)C(=O)OC1OC(=O)C2C(C)CC1C2C. The van der Waals surface area contributed by atoms with E-state index >= 15 is 0 Å². The minimum absolute atomic E-state index is 0.0305. The molecule has 5 heteroatoms. The largest absolute Gasteiger partial charge is 0.425 e. The van der Waals surface area contributed by atoms with Crippen LogP contribution in [-0.2, 0) is 19.1 Å². The van der Waals surface area contributed by atoms with Crippen molar-refractivity contribution in [3.05, 3.63) is 0 Å². The molecule has 6 unspecified atom stereocenters. The van der Waals surface area contributed by atoms with Crippen LogP contribution in [0.25, 0.3) is 0 Å². The second-order valence-corrected chi connectivity index (χ2v) is 8.40. The Bertz CT molecular complexity index is 393. The number of rotatable bonds is 3. The number of hydrogen-bond acceptors (Lipinski definition) is 4. The molecule has 2 rings (SSSR count). The molecule has 1 aliphatic heterocycles. The molecule has 2 fully saturated rings. The maximum absolute atomic E-state index is 12.1. The number of hydrogen-bond donors (Lipinski definition) is 0. The van der Waals surface area contributed by atoms with Crippen LogP contribution in [0.1, 0.15) is 40.5 Å². The first kappa shape index (κ1) is 15.1. The van der Waals surface area contributed by atoms with Crippen molar-refractivity contribution in [1.82, 2.24) is 0 Å². The molecular formula is C14H21IO4. The zero-order valence-electron chi connectivity index (χ0n) is 11.8. The van der Waals surface area contributed by atoms with Crippen LogP contribution in [0.15, 0.2) is 0 Å². The Labute approximate surface area is 127 Å². The van der Waals surface area contributed by atoms with Crippen LogP contribution >= 0.6 is 22.6 Å². The van der Waals surface area contributed by atoms with Gasteiger partial charge in [0.2, 0.25) is 0 Å². The molecule has 4 nitrogen and oxygen atoms in total. The Morgan fingerprint density at radius 3 is 2.74 bits per heavy atom. The third-order valence-electron chi connectivity index (χ3n) is 4.67. The van der Waals surface area contributed by atoms with Crippen LogP contribution in [0.5, 0.6) is 0 Å². The second kappa shape index (κ2) is 5.22. The van der Waals surface area contributed by atoms with Gasteiger partial charge in [-0.15, -0.1) is 0 Å². The zero-order chi connectivity index (χ0) is 14.4. The van der Waals surface area contributed by atoms with Gasteiger partial charge in [-0.25, -0.2) is 0 Å². The quantitative estimate of drug-likeness (QED) is 0.429. The van der Waals surface area contributed by atoms with E-state index in [1.165, 1.54) is 0 Å². The monoisotopic (exact) mass is 380 g/mol. The van der Waals surface area contributed by atoms with Gasteiger partial charge in [-0.2, -0.15) is 0 Å². The van der Waals surface area contributed by atoms with Crippen molar-refractivity contribution in [2.45, 2.75) is 50.2 Å². The highest BCUT2D eigenvalue weighted by atomic mass is 127. The normalized spacial score (nSPS) is 40.5. The summed E-state index contributed by atoms with van der Waals surface area (Å²) >= 11 is 2.09. The Morgan fingerprint density at radius 2 is 2.16 bits per heavy atom. The lowest BCUT2D eigenvalue weighted by atomic mass is 9.87. The van der Waals surface area contributed by atoms with E-state index in [0.29, 0.717) is 12.3 Å². The summed E-state index contributed by atoms with van der Waals surface area (Å²) < 4.78 is 10.3. The molecule has 0 spiro atoms. The number of esters is 2. The lowest BCUT2D eigenvalue weighted by Gasteiger charge is -2.34. The maximum atomic E-state index is 12.1. The van der Waals surface area contributed by atoms with Gasteiger partial charge in [0.1, 0.15) is 3.42 Å². The molecule has 2 bridgehead atoms. The first-order chi connectivity index (χ1) is 8.77. The summed E-state index contributed by atoms with van der Waals surface area (Å²) in [4.78, 5) is 24.1. The van der Waals surface area contributed by atoms with Gasteiger partial charge in [0.15, 0.2) is 0 Å². The summed E-state index contributed by atoms with van der Waals surface area (Å²) in [5.74, 6) is 0.157. The predicted octanol–water partition coefficient (Wildman–Crippen LogP) is 2.92. The highest BCUT2D eigenvalue weighted by Gasteiger charge is 2.54. The first-order valence-corrected chi connectivity index (χ1v) is 7.96. The molecule has 6 atom stereocenters. The average molecular weight is 380 g/mol. The van der Waals surface area contributed by atoms with Gasteiger partial charge in [0, 0.05) is 5.92 Å². The lowest BCUT2D eigenvalue weighted by Crippen LogP contribution is -2.44. The smallest absolute Gasteiger partial charge is 0.324 e. The van der Waals surface area contributed by atoms with Crippen LogP contribution in [0.4, 0.5) is 0 Å². The summed E-state index contributed by atoms with van der Waals surface area (Å²) in [6.07, 6.45) is 0.878. The number of cyclic esters (lactones) is 1. The summed E-state index contributed by atoms with van der Waals surface area (Å²) in [6.45, 7) is 7.91. The van der Waals surface area contributed by atoms with Crippen molar-refractivity contribution in [2.24, 2.45) is 23.7 Å². The van der Waals surface area contributed by atoms with E-state index in [0.717, 1.165) is 6.42 Å². The van der Waals surface area contributed by atoms with Crippen LogP contribution in [0.3, 0.4) is 0 Å². The molecule has 1 heterocycles. The number of halogens is 1. The Balaban J connectivity index is 2.10. The summed E-state index contributed by atoms with van der Waals surface area (Å²) in [6, 6.07) is 0. The molecule has 0 N–H and O–H groups in total. The van der Waals surface area contributed by atoms with Crippen molar-refractivity contribution >= 4 is 34.5 Å². The molecular weight excluding hydrogens is 359 g/mol. The first-order valence-electron chi connectivity index (χ1n) is 6.88. The van der Waals surface area contributed by atoms with Crippen LogP contribution in [0.2, 0.25) is 0 Å². The fourth-order valence-corrected chi connectivity index (χ4v) is 3.27. The molecule has 1 saturated carbocycles. The van der Waals surface area contributed by atoms with Gasteiger partial charge < -0.3 is 9.47 Å². The summed E-state index contributed by atoms with van der Waals surface area (Å²) in [7, 11) is 0. The maximum Gasteiger partial charge on any atom is 0.324 e. The van der Waals surface area contributed by atoms with Crippen molar-refractivity contribution in [2.75, 3.05) is 0 Å². The third-order valence-corrected chi connectivity index (χ3v) is 5.87.